The van der Waals surface area contributed by atoms with Gasteiger partial charge in [-0.1, -0.05) is 49.4 Å². The Labute approximate surface area is 178 Å². The average molecular weight is 426 g/mol. The second-order valence-corrected chi connectivity index (χ2v) is 9.50. The summed E-state index contributed by atoms with van der Waals surface area (Å²) in [5.41, 5.74) is 5.08. The summed E-state index contributed by atoms with van der Waals surface area (Å²) < 4.78 is 35.6. The van der Waals surface area contributed by atoms with Crippen LogP contribution in [-0.2, 0) is 54.4 Å². The first-order valence-electron chi connectivity index (χ1n) is 10.2. The SMILES string of the molecule is CCc1ccc(S(=O)(=O)N2CCc3c(c(COCc4ccccc4)nn3C)C2)cc1. The lowest BCUT2D eigenvalue weighted by molar-refractivity contribution is 0.103. The molecule has 30 heavy (non-hydrogen) atoms. The lowest BCUT2D eigenvalue weighted by atomic mass is 10.1. The summed E-state index contributed by atoms with van der Waals surface area (Å²) in [6.07, 6.45) is 1.53. The summed E-state index contributed by atoms with van der Waals surface area (Å²) in [6, 6.07) is 17.2. The fraction of sp³-hybridized carbons (Fsp3) is 0.348. The molecule has 0 unspecified atom stereocenters. The second kappa shape index (κ2) is 8.71. The third-order valence-corrected chi connectivity index (χ3v) is 7.47. The van der Waals surface area contributed by atoms with Crippen LogP contribution in [0.15, 0.2) is 59.5 Å². The normalized spacial score (nSPS) is 14.6. The van der Waals surface area contributed by atoms with Gasteiger partial charge in [-0.3, -0.25) is 4.68 Å². The van der Waals surface area contributed by atoms with Gasteiger partial charge in [0.15, 0.2) is 0 Å². The van der Waals surface area contributed by atoms with Crippen LogP contribution in [0.1, 0.15) is 35.0 Å². The Kier molecular flexibility index (Phi) is 6.04. The number of aryl methyl sites for hydroxylation is 2. The van der Waals surface area contributed by atoms with Gasteiger partial charge >= 0.3 is 0 Å². The topological polar surface area (TPSA) is 64.4 Å². The van der Waals surface area contributed by atoms with Crippen molar-refractivity contribution in [3.8, 4) is 0 Å². The van der Waals surface area contributed by atoms with Crippen LogP contribution in [0.5, 0.6) is 0 Å². The number of hydrogen-bond acceptors (Lipinski definition) is 4. The van der Waals surface area contributed by atoms with Crippen LogP contribution in [-0.4, -0.2) is 29.0 Å². The quantitative estimate of drug-likeness (QED) is 0.582. The fourth-order valence-corrected chi connectivity index (χ4v) is 5.26. The Balaban J connectivity index is 1.50. The Bertz CT molecular complexity index is 1110. The van der Waals surface area contributed by atoms with E-state index in [-0.39, 0.29) is 0 Å². The molecule has 158 valence electrons. The molecule has 1 aromatic heterocycles. The molecule has 2 heterocycles. The maximum Gasteiger partial charge on any atom is 0.243 e. The van der Waals surface area contributed by atoms with E-state index in [0.717, 1.165) is 34.5 Å². The van der Waals surface area contributed by atoms with Gasteiger partial charge in [0.05, 0.1) is 23.8 Å². The van der Waals surface area contributed by atoms with Crippen molar-refractivity contribution in [1.29, 1.82) is 0 Å². The molecule has 3 aromatic rings. The van der Waals surface area contributed by atoms with Gasteiger partial charge < -0.3 is 4.74 Å². The Morgan fingerprint density at radius 2 is 1.73 bits per heavy atom. The third-order valence-electron chi connectivity index (χ3n) is 5.61. The van der Waals surface area contributed by atoms with Gasteiger partial charge in [-0.05, 0) is 29.7 Å². The van der Waals surface area contributed by atoms with Crippen LogP contribution in [0.3, 0.4) is 0 Å². The predicted octanol–water partition coefficient (Wildman–Crippen LogP) is 3.45. The number of benzene rings is 2. The van der Waals surface area contributed by atoms with Crippen molar-refractivity contribution in [2.45, 2.75) is 44.4 Å². The average Bonchev–Trinajstić information content (AvgIpc) is 3.09. The number of sulfonamides is 1. The molecular formula is C23H27N3O3S. The molecule has 6 nitrogen and oxygen atoms in total. The molecule has 0 bridgehead atoms. The number of hydrogen-bond donors (Lipinski definition) is 0. The molecule has 4 rings (SSSR count). The minimum absolute atomic E-state index is 0.324. The molecule has 2 aromatic carbocycles. The van der Waals surface area contributed by atoms with Crippen LogP contribution in [0.2, 0.25) is 0 Å². The molecule has 0 amide bonds. The molecule has 1 aliphatic rings. The van der Waals surface area contributed by atoms with E-state index in [1.54, 1.807) is 16.4 Å². The summed E-state index contributed by atoms with van der Waals surface area (Å²) in [6.45, 7) is 3.69. The van der Waals surface area contributed by atoms with Crippen LogP contribution in [0, 0.1) is 0 Å². The summed E-state index contributed by atoms with van der Waals surface area (Å²) in [5, 5.41) is 4.61. The maximum absolute atomic E-state index is 13.2. The lowest BCUT2D eigenvalue weighted by Crippen LogP contribution is -2.36. The fourth-order valence-electron chi connectivity index (χ4n) is 3.85. The van der Waals surface area contributed by atoms with Crippen molar-refractivity contribution in [2.75, 3.05) is 6.54 Å². The largest absolute Gasteiger partial charge is 0.370 e. The highest BCUT2D eigenvalue weighted by molar-refractivity contribution is 7.89. The summed E-state index contributed by atoms with van der Waals surface area (Å²) in [5.74, 6) is 0. The first-order chi connectivity index (χ1) is 14.5. The summed E-state index contributed by atoms with van der Waals surface area (Å²) in [4.78, 5) is 0.342. The van der Waals surface area contributed by atoms with E-state index in [1.807, 2.05) is 54.2 Å². The van der Waals surface area contributed by atoms with Gasteiger partial charge in [0.1, 0.15) is 0 Å². The molecular weight excluding hydrogens is 398 g/mol. The smallest absolute Gasteiger partial charge is 0.243 e. The van der Waals surface area contributed by atoms with Crippen LogP contribution in [0.25, 0.3) is 0 Å². The summed E-state index contributed by atoms with van der Waals surface area (Å²) >= 11 is 0. The zero-order valence-electron chi connectivity index (χ0n) is 17.4. The Morgan fingerprint density at radius 1 is 1.00 bits per heavy atom. The van der Waals surface area contributed by atoms with Crippen molar-refractivity contribution >= 4 is 10.0 Å². The van der Waals surface area contributed by atoms with E-state index in [1.165, 1.54) is 0 Å². The number of ether oxygens (including phenoxy) is 1. The van der Waals surface area contributed by atoms with Gasteiger partial charge in [0.25, 0.3) is 0 Å². The first kappa shape index (κ1) is 20.8. The highest BCUT2D eigenvalue weighted by Crippen LogP contribution is 2.27. The van der Waals surface area contributed by atoms with E-state index < -0.39 is 10.0 Å². The predicted molar refractivity (Wildman–Crippen MR) is 115 cm³/mol. The van der Waals surface area contributed by atoms with Gasteiger partial charge in [-0.2, -0.15) is 9.40 Å². The second-order valence-electron chi connectivity index (χ2n) is 7.56. The van der Waals surface area contributed by atoms with Crippen molar-refractivity contribution in [1.82, 2.24) is 14.1 Å². The van der Waals surface area contributed by atoms with E-state index in [4.69, 9.17) is 4.74 Å². The molecule has 1 aliphatic heterocycles. The van der Waals surface area contributed by atoms with Gasteiger partial charge in [-0.15, -0.1) is 0 Å². The highest BCUT2D eigenvalue weighted by Gasteiger charge is 2.31. The van der Waals surface area contributed by atoms with Crippen molar-refractivity contribution < 1.29 is 13.2 Å². The molecule has 0 atom stereocenters. The number of nitrogens with zero attached hydrogens (tertiary/aromatic N) is 3. The van der Waals surface area contributed by atoms with E-state index >= 15 is 0 Å². The maximum atomic E-state index is 13.2. The van der Waals surface area contributed by atoms with Crippen LogP contribution < -0.4 is 0 Å². The standard InChI is InChI=1S/C23H27N3O3S/c1-3-18-9-11-20(12-10-18)30(27,28)26-14-13-23-21(15-26)22(24-25(23)2)17-29-16-19-7-5-4-6-8-19/h4-12H,3,13-17H2,1-2H3. The molecule has 0 radical (unpaired) electrons. The number of rotatable bonds is 7. The van der Waals surface area contributed by atoms with Gasteiger partial charge in [-0.25, -0.2) is 8.42 Å². The zero-order valence-corrected chi connectivity index (χ0v) is 18.2. The third kappa shape index (κ3) is 4.19. The summed E-state index contributed by atoms with van der Waals surface area (Å²) in [7, 11) is -1.64. The Morgan fingerprint density at radius 3 is 2.43 bits per heavy atom. The molecule has 0 spiro atoms. The molecule has 7 heteroatoms. The molecule has 0 saturated heterocycles. The Hall–Kier alpha value is -2.48. The molecule has 0 N–H and O–H groups in total. The minimum Gasteiger partial charge on any atom is -0.370 e. The van der Waals surface area contributed by atoms with E-state index in [9.17, 15) is 8.42 Å². The lowest BCUT2D eigenvalue weighted by Gasteiger charge is -2.27. The van der Waals surface area contributed by atoms with Gasteiger partial charge in [0.2, 0.25) is 10.0 Å². The van der Waals surface area contributed by atoms with Gasteiger partial charge in [0, 0.05) is 37.8 Å². The van der Waals surface area contributed by atoms with Crippen molar-refractivity contribution in [3.63, 3.8) is 0 Å². The van der Waals surface area contributed by atoms with Crippen LogP contribution >= 0.6 is 0 Å². The number of aromatic nitrogens is 2. The molecule has 0 aliphatic carbocycles. The number of fused-ring (bicyclic) bond motifs is 1. The van der Waals surface area contributed by atoms with E-state index in [2.05, 4.69) is 12.0 Å². The molecule has 0 fully saturated rings. The van der Waals surface area contributed by atoms with Crippen molar-refractivity contribution in [2.24, 2.45) is 7.05 Å². The van der Waals surface area contributed by atoms with Crippen molar-refractivity contribution in [3.05, 3.63) is 82.7 Å². The zero-order chi connectivity index (χ0) is 21.1. The van der Waals surface area contributed by atoms with Crippen LogP contribution in [0.4, 0.5) is 0 Å². The minimum atomic E-state index is -3.55. The monoisotopic (exact) mass is 425 g/mol. The van der Waals surface area contributed by atoms with E-state index in [0.29, 0.717) is 37.6 Å². The first-order valence-corrected chi connectivity index (χ1v) is 11.7. The molecule has 0 saturated carbocycles. The highest BCUT2D eigenvalue weighted by atomic mass is 32.2.